The average molecular weight is 431 g/mol. The Morgan fingerprint density at radius 1 is 0.900 bits per heavy atom. The van der Waals surface area contributed by atoms with E-state index in [-0.39, 0.29) is 5.91 Å². The van der Waals surface area contributed by atoms with E-state index in [0.717, 1.165) is 69.6 Å². The first kappa shape index (κ1) is 21.0. The molecule has 2 fully saturated rings. The van der Waals surface area contributed by atoms with Crippen molar-refractivity contribution in [3.63, 3.8) is 0 Å². The number of hydrogen-bond donors (Lipinski definition) is 3. The molecule has 2 heterocycles. The molecule has 4 rings (SSSR count). The van der Waals surface area contributed by atoms with Crippen molar-refractivity contribution in [3.05, 3.63) is 59.1 Å². The van der Waals surface area contributed by atoms with Gasteiger partial charge in [0.2, 0.25) is 0 Å². The summed E-state index contributed by atoms with van der Waals surface area (Å²) >= 11 is 5.97. The number of phenols is 1. The number of carbonyl (C=O) groups excluding carboxylic acids is 1. The lowest BCUT2D eigenvalue weighted by molar-refractivity contribution is -0.918. The Morgan fingerprint density at radius 2 is 1.53 bits per heavy atom. The van der Waals surface area contributed by atoms with Gasteiger partial charge in [-0.15, -0.1) is 0 Å². The van der Waals surface area contributed by atoms with Crippen LogP contribution in [0.1, 0.15) is 5.56 Å². The van der Waals surface area contributed by atoms with Crippen LogP contribution in [-0.4, -0.2) is 74.8 Å². The number of hydrogen-bond acceptors (Lipinski definition) is 3. The smallest absolute Gasteiger partial charge is 0.278 e. The predicted octanol–water partition coefficient (Wildman–Crippen LogP) is -0.322. The van der Waals surface area contributed by atoms with E-state index in [0.29, 0.717) is 12.3 Å². The number of nitrogens with one attached hydrogen (secondary N) is 2. The monoisotopic (exact) mass is 430 g/mol. The van der Waals surface area contributed by atoms with Crippen molar-refractivity contribution >= 4 is 23.2 Å². The molecule has 0 aromatic heterocycles. The Bertz CT molecular complexity index is 845. The quantitative estimate of drug-likeness (QED) is 0.609. The molecule has 2 aliphatic rings. The highest BCUT2D eigenvalue weighted by atomic mass is 35.5. The molecule has 2 aliphatic heterocycles. The number of benzene rings is 2. The summed E-state index contributed by atoms with van der Waals surface area (Å²) in [6, 6.07) is 15.5. The zero-order chi connectivity index (χ0) is 20.9. The third-order valence-electron chi connectivity index (χ3n) is 6.28. The fourth-order valence-electron chi connectivity index (χ4n) is 4.44. The third kappa shape index (κ3) is 5.25. The van der Waals surface area contributed by atoms with E-state index in [1.807, 2.05) is 35.2 Å². The van der Waals surface area contributed by atoms with Crippen molar-refractivity contribution in [1.82, 2.24) is 4.90 Å². The van der Waals surface area contributed by atoms with E-state index in [1.165, 1.54) is 15.4 Å². The zero-order valence-corrected chi connectivity index (χ0v) is 18.1. The topological polar surface area (TPSA) is 52.7 Å². The molecule has 2 aromatic carbocycles. The normalized spacial score (nSPS) is 18.6. The highest BCUT2D eigenvalue weighted by Gasteiger charge is 2.28. The van der Waals surface area contributed by atoms with E-state index in [4.69, 9.17) is 11.6 Å². The van der Waals surface area contributed by atoms with Crippen LogP contribution in [0.4, 0.5) is 5.69 Å². The van der Waals surface area contributed by atoms with E-state index < -0.39 is 0 Å². The lowest BCUT2D eigenvalue weighted by atomic mass is 10.2. The number of quaternary nitrogens is 2. The van der Waals surface area contributed by atoms with Crippen molar-refractivity contribution < 1.29 is 19.7 Å². The van der Waals surface area contributed by atoms with E-state index in [9.17, 15) is 9.90 Å². The summed E-state index contributed by atoms with van der Waals surface area (Å²) in [5.41, 5.74) is 2.18. The van der Waals surface area contributed by atoms with Crippen LogP contribution in [0.2, 0.25) is 5.02 Å². The van der Waals surface area contributed by atoms with Gasteiger partial charge in [-0.2, -0.15) is 0 Å². The van der Waals surface area contributed by atoms with Crippen molar-refractivity contribution in [2.75, 3.05) is 63.8 Å². The van der Waals surface area contributed by atoms with Crippen LogP contribution in [0, 0.1) is 0 Å². The Balaban J connectivity index is 1.20. The fourth-order valence-corrected chi connectivity index (χ4v) is 4.56. The Hall–Kier alpha value is -2.28. The number of carbonyl (C=O) groups is 1. The summed E-state index contributed by atoms with van der Waals surface area (Å²) in [5.74, 6) is 0.600. The molecular weight excluding hydrogens is 400 g/mol. The van der Waals surface area contributed by atoms with Crippen molar-refractivity contribution in [2.45, 2.75) is 6.54 Å². The van der Waals surface area contributed by atoms with Gasteiger partial charge in [-0.1, -0.05) is 35.9 Å². The molecule has 2 saturated heterocycles. The lowest BCUT2D eigenvalue weighted by Gasteiger charge is -2.36. The highest BCUT2D eigenvalue weighted by Crippen LogP contribution is 2.25. The number of piperazine rings is 2. The number of nitrogens with zero attached hydrogens (tertiary/aromatic N) is 2. The second-order valence-electron chi connectivity index (χ2n) is 8.34. The minimum Gasteiger partial charge on any atom is -0.506 e. The maximum absolute atomic E-state index is 12.8. The van der Waals surface area contributed by atoms with Gasteiger partial charge in [-0.05, 0) is 24.3 Å². The van der Waals surface area contributed by atoms with Crippen LogP contribution in [0.3, 0.4) is 0 Å². The molecule has 0 spiro atoms. The van der Waals surface area contributed by atoms with Crippen molar-refractivity contribution in [2.24, 2.45) is 0 Å². The minimum atomic E-state index is 0.270. The summed E-state index contributed by atoms with van der Waals surface area (Å²) in [7, 11) is 0. The van der Waals surface area contributed by atoms with Crippen LogP contribution in [0.5, 0.6) is 5.75 Å². The number of rotatable bonds is 5. The van der Waals surface area contributed by atoms with Gasteiger partial charge in [0.15, 0.2) is 6.54 Å². The molecule has 0 aliphatic carbocycles. The standard InChI is InChI=1S/C23H29ClN4O2/c24-20-7-5-19(6-8-20)17-25-11-15-28(16-12-25)23(30)18-26-9-13-27(14-10-26)21-3-1-2-4-22(21)29/h1-8,29H,9-18H2/p+2. The lowest BCUT2D eigenvalue weighted by Crippen LogP contribution is -3.16. The molecule has 0 bridgehead atoms. The molecule has 0 saturated carbocycles. The van der Waals surface area contributed by atoms with Crippen LogP contribution in [0.15, 0.2) is 48.5 Å². The molecule has 1 amide bonds. The number of aromatic hydroxyl groups is 1. The SMILES string of the molecule is O=C(C[NH+]1CCN(c2ccccc2O)CC1)N1CC[NH+](Cc2ccc(Cl)cc2)CC1. The van der Waals surface area contributed by atoms with Crippen LogP contribution >= 0.6 is 11.6 Å². The number of halogens is 1. The van der Waals surface area contributed by atoms with Crippen LogP contribution < -0.4 is 14.7 Å². The predicted molar refractivity (Wildman–Crippen MR) is 118 cm³/mol. The summed E-state index contributed by atoms with van der Waals surface area (Å²) in [6.07, 6.45) is 0. The molecule has 0 unspecified atom stereocenters. The summed E-state index contributed by atoms with van der Waals surface area (Å²) < 4.78 is 0. The van der Waals surface area contributed by atoms with Gasteiger partial charge in [-0.25, -0.2) is 0 Å². The molecular formula is C23H31ClN4O2+2. The Labute approximate surface area is 183 Å². The first-order valence-corrected chi connectivity index (χ1v) is 11.2. The highest BCUT2D eigenvalue weighted by molar-refractivity contribution is 6.30. The van der Waals surface area contributed by atoms with Gasteiger partial charge in [0.25, 0.3) is 5.91 Å². The number of para-hydroxylation sites is 2. The number of anilines is 1. The molecule has 2 aromatic rings. The second kappa shape index (κ2) is 9.69. The number of phenolic OH excluding ortho intramolecular Hbond substituents is 1. The van der Waals surface area contributed by atoms with E-state index in [2.05, 4.69) is 17.0 Å². The van der Waals surface area contributed by atoms with E-state index in [1.54, 1.807) is 6.07 Å². The minimum absolute atomic E-state index is 0.270. The molecule has 7 heteroatoms. The molecule has 3 N–H and O–H groups in total. The summed E-state index contributed by atoms with van der Waals surface area (Å²) in [6.45, 7) is 8.76. The Morgan fingerprint density at radius 3 is 2.20 bits per heavy atom. The average Bonchev–Trinajstić information content (AvgIpc) is 2.77. The van der Waals surface area contributed by atoms with Gasteiger partial charge < -0.3 is 24.7 Å². The molecule has 0 radical (unpaired) electrons. The molecule has 6 nitrogen and oxygen atoms in total. The Kier molecular flexibility index (Phi) is 6.77. The third-order valence-corrected chi connectivity index (χ3v) is 6.54. The summed E-state index contributed by atoms with van der Waals surface area (Å²) in [4.78, 5) is 19.9. The van der Waals surface area contributed by atoms with Crippen LogP contribution in [-0.2, 0) is 11.3 Å². The maximum Gasteiger partial charge on any atom is 0.278 e. The van der Waals surface area contributed by atoms with Crippen molar-refractivity contribution in [3.8, 4) is 5.75 Å². The fraction of sp³-hybridized carbons (Fsp3) is 0.435. The first-order chi connectivity index (χ1) is 14.6. The molecule has 160 valence electrons. The number of amides is 1. The second-order valence-corrected chi connectivity index (χ2v) is 8.77. The zero-order valence-electron chi connectivity index (χ0n) is 17.3. The van der Waals surface area contributed by atoms with Gasteiger partial charge in [0, 0.05) is 10.6 Å². The largest absolute Gasteiger partial charge is 0.506 e. The van der Waals surface area contributed by atoms with Crippen LogP contribution in [0.25, 0.3) is 0 Å². The van der Waals surface area contributed by atoms with Gasteiger partial charge in [-0.3, -0.25) is 4.79 Å². The van der Waals surface area contributed by atoms with Gasteiger partial charge >= 0.3 is 0 Å². The van der Waals surface area contributed by atoms with Gasteiger partial charge in [0.1, 0.15) is 12.3 Å². The van der Waals surface area contributed by atoms with E-state index >= 15 is 0 Å². The maximum atomic E-state index is 12.8. The first-order valence-electron chi connectivity index (χ1n) is 10.8. The molecule has 0 atom stereocenters. The van der Waals surface area contributed by atoms with Gasteiger partial charge in [0.05, 0.1) is 58.0 Å². The molecule has 30 heavy (non-hydrogen) atoms. The van der Waals surface area contributed by atoms with Crippen molar-refractivity contribution in [1.29, 1.82) is 0 Å². The summed E-state index contributed by atoms with van der Waals surface area (Å²) in [5, 5.41) is 10.8.